The molecule has 0 heterocycles. The van der Waals surface area contributed by atoms with Crippen molar-refractivity contribution in [1.82, 2.24) is 0 Å². The summed E-state index contributed by atoms with van der Waals surface area (Å²) in [5.41, 5.74) is 0. The van der Waals surface area contributed by atoms with Crippen LogP contribution in [0.5, 0.6) is 0 Å². The van der Waals surface area contributed by atoms with Crippen LogP contribution in [0.3, 0.4) is 0 Å². The van der Waals surface area contributed by atoms with Crippen LogP contribution in [0.25, 0.3) is 0 Å². The number of hydrogen-bond acceptors (Lipinski definition) is 6. The van der Waals surface area contributed by atoms with Gasteiger partial charge in [-0.1, -0.05) is 291 Å². The van der Waals surface area contributed by atoms with Gasteiger partial charge in [-0.3, -0.25) is 14.4 Å². The highest BCUT2D eigenvalue weighted by Gasteiger charge is 2.19. The van der Waals surface area contributed by atoms with Gasteiger partial charge < -0.3 is 14.2 Å². The van der Waals surface area contributed by atoms with E-state index >= 15 is 0 Å². The summed E-state index contributed by atoms with van der Waals surface area (Å²) in [6, 6.07) is 0. The average Bonchev–Trinajstić information content (AvgIpc) is 3.43. The lowest BCUT2D eigenvalue weighted by Crippen LogP contribution is -2.30. The molecule has 0 aromatic carbocycles. The van der Waals surface area contributed by atoms with Gasteiger partial charge in [-0.15, -0.1) is 0 Å². The normalized spacial score (nSPS) is 12.7. The van der Waals surface area contributed by atoms with Crippen molar-refractivity contribution >= 4 is 17.9 Å². The number of esters is 3. The lowest BCUT2D eigenvalue weighted by molar-refractivity contribution is -0.167. The number of hydrogen-bond donors (Lipinski definition) is 0. The molecule has 0 rings (SSSR count). The second kappa shape index (κ2) is 64.9. The largest absolute Gasteiger partial charge is 0.462 e. The predicted molar refractivity (Wildman–Crippen MR) is 334 cm³/mol. The lowest BCUT2D eigenvalue weighted by atomic mass is 10.1. The summed E-state index contributed by atoms with van der Waals surface area (Å²) in [5, 5.41) is 0. The second-order valence-corrected chi connectivity index (χ2v) is 21.6. The van der Waals surface area contributed by atoms with Gasteiger partial charge >= 0.3 is 17.9 Å². The zero-order chi connectivity index (χ0) is 55.7. The maximum absolute atomic E-state index is 12.9. The minimum Gasteiger partial charge on any atom is -0.462 e. The van der Waals surface area contributed by atoms with Crippen LogP contribution in [0, 0.1) is 0 Å². The number of carbonyl (C=O) groups excluding carboxylic acids is 3. The summed E-state index contributed by atoms with van der Waals surface area (Å²) in [5.74, 6) is -0.878. The first kappa shape index (κ1) is 73.3. The van der Waals surface area contributed by atoms with Gasteiger partial charge in [0.05, 0.1) is 0 Å². The highest BCUT2D eigenvalue weighted by molar-refractivity contribution is 5.71. The van der Waals surface area contributed by atoms with E-state index in [4.69, 9.17) is 14.2 Å². The molecule has 0 fully saturated rings. The lowest BCUT2D eigenvalue weighted by Gasteiger charge is -2.18. The third-order valence-electron chi connectivity index (χ3n) is 14.1. The van der Waals surface area contributed by atoms with Crippen LogP contribution in [-0.4, -0.2) is 37.2 Å². The van der Waals surface area contributed by atoms with Gasteiger partial charge in [0.25, 0.3) is 0 Å². The van der Waals surface area contributed by atoms with E-state index in [0.717, 1.165) is 109 Å². The van der Waals surface area contributed by atoms with Gasteiger partial charge in [0.2, 0.25) is 0 Å². The van der Waals surface area contributed by atoms with E-state index in [1.54, 1.807) is 0 Å². The molecule has 0 amide bonds. The van der Waals surface area contributed by atoms with Crippen LogP contribution >= 0.6 is 0 Å². The highest BCUT2D eigenvalue weighted by Crippen LogP contribution is 2.16. The maximum atomic E-state index is 12.9. The fraction of sp³-hybridized carbons (Fsp3) is 0.732. The van der Waals surface area contributed by atoms with E-state index < -0.39 is 6.10 Å². The maximum Gasteiger partial charge on any atom is 0.306 e. The molecular formula is C71H122O6. The van der Waals surface area contributed by atoms with Crippen LogP contribution < -0.4 is 0 Å². The Morgan fingerprint density at radius 1 is 0.273 bits per heavy atom. The molecule has 0 aliphatic carbocycles. The first-order chi connectivity index (χ1) is 38.0. The second-order valence-electron chi connectivity index (χ2n) is 21.6. The van der Waals surface area contributed by atoms with Crippen molar-refractivity contribution in [3.63, 3.8) is 0 Å². The van der Waals surface area contributed by atoms with E-state index in [9.17, 15) is 14.4 Å². The van der Waals surface area contributed by atoms with Crippen LogP contribution in [-0.2, 0) is 28.6 Å². The van der Waals surface area contributed by atoms with Crippen molar-refractivity contribution in [2.45, 2.75) is 322 Å². The highest BCUT2D eigenvalue weighted by atomic mass is 16.6. The molecular weight excluding hydrogens is 949 g/mol. The molecule has 6 nitrogen and oxygen atoms in total. The van der Waals surface area contributed by atoms with Crippen LogP contribution in [0.15, 0.2) is 97.2 Å². The fourth-order valence-corrected chi connectivity index (χ4v) is 9.18. The molecule has 0 aliphatic heterocycles. The van der Waals surface area contributed by atoms with Crippen molar-refractivity contribution in [2.75, 3.05) is 13.2 Å². The Bertz CT molecular complexity index is 1510. The van der Waals surface area contributed by atoms with Crippen molar-refractivity contribution in [3.8, 4) is 0 Å². The summed E-state index contributed by atoms with van der Waals surface area (Å²) < 4.78 is 16.9. The molecule has 0 bridgehead atoms. The van der Waals surface area contributed by atoms with Gasteiger partial charge in [-0.2, -0.15) is 0 Å². The predicted octanol–water partition coefficient (Wildman–Crippen LogP) is 22.4. The van der Waals surface area contributed by atoms with Crippen molar-refractivity contribution in [2.24, 2.45) is 0 Å². The third kappa shape index (κ3) is 63.0. The minimum absolute atomic E-state index is 0.0769. The molecule has 6 heteroatoms. The Balaban J connectivity index is 4.20. The van der Waals surface area contributed by atoms with Gasteiger partial charge in [0, 0.05) is 19.3 Å². The monoisotopic (exact) mass is 1070 g/mol. The van der Waals surface area contributed by atoms with E-state index in [0.29, 0.717) is 19.3 Å². The summed E-state index contributed by atoms with van der Waals surface area (Å²) in [6.07, 6.45) is 87.1. The van der Waals surface area contributed by atoms with Gasteiger partial charge in [0.15, 0.2) is 6.10 Å². The molecule has 0 N–H and O–H groups in total. The summed E-state index contributed by atoms with van der Waals surface area (Å²) in [7, 11) is 0. The van der Waals surface area contributed by atoms with Crippen LogP contribution in [0.1, 0.15) is 316 Å². The Morgan fingerprint density at radius 2 is 0.506 bits per heavy atom. The van der Waals surface area contributed by atoms with Gasteiger partial charge in [-0.25, -0.2) is 0 Å². The van der Waals surface area contributed by atoms with Gasteiger partial charge in [-0.05, 0) is 103 Å². The van der Waals surface area contributed by atoms with Crippen LogP contribution in [0.2, 0.25) is 0 Å². The summed E-state index contributed by atoms with van der Waals surface area (Å²) in [6.45, 7) is 6.52. The van der Waals surface area contributed by atoms with E-state index in [1.165, 1.54) is 167 Å². The molecule has 442 valence electrons. The first-order valence-electron chi connectivity index (χ1n) is 32.7. The fourth-order valence-electron chi connectivity index (χ4n) is 9.18. The van der Waals surface area contributed by atoms with Gasteiger partial charge in [0.1, 0.15) is 13.2 Å². The Kier molecular flexibility index (Phi) is 61.8. The number of carbonyl (C=O) groups is 3. The average molecular weight is 1070 g/mol. The zero-order valence-electron chi connectivity index (χ0n) is 50.7. The SMILES string of the molecule is CC/C=C\C/C=C\C/C=C\C/C=C\C/C=C\C/C=C\C/C=C\CCCCCCCCCCCC(=O)OCC(COC(=O)CCCCCCCCCCC)OC(=O)CCCCCCCCCCC/C=C\CCCCCCCC. The first-order valence-corrected chi connectivity index (χ1v) is 32.7. The smallest absolute Gasteiger partial charge is 0.306 e. The third-order valence-corrected chi connectivity index (χ3v) is 14.1. The summed E-state index contributed by atoms with van der Waals surface area (Å²) >= 11 is 0. The van der Waals surface area contributed by atoms with Crippen molar-refractivity contribution in [3.05, 3.63) is 97.2 Å². The van der Waals surface area contributed by atoms with Crippen molar-refractivity contribution in [1.29, 1.82) is 0 Å². The van der Waals surface area contributed by atoms with E-state index in [1.807, 2.05) is 0 Å². The Morgan fingerprint density at radius 3 is 0.805 bits per heavy atom. The molecule has 0 saturated heterocycles. The number of ether oxygens (including phenoxy) is 3. The summed E-state index contributed by atoms with van der Waals surface area (Å²) in [4.78, 5) is 38.2. The molecule has 1 atom stereocenters. The molecule has 0 aromatic heterocycles. The number of rotatable bonds is 59. The molecule has 0 radical (unpaired) electrons. The quantitative estimate of drug-likeness (QED) is 0.0261. The molecule has 0 spiro atoms. The van der Waals surface area contributed by atoms with E-state index in [2.05, 4.69) is 118 Å². The van der Waals surface area contributed by atoms with Crippen LogP contribution in [0.4, 0.5) is 0 Å². The zero-order valence-corrected chi connectivity index (χ0v) is 50.7. The number of unbranched alkanes of at least 4 members (excludes halogenated alkanes) is 32. The molecule has 0 aliphatic rings. The standard InChI is InChI=1S/C71H122O6/c1-4-7-10-13-16-19-21-23-25-27-29-30-31-32-33-34-35-36-37-38-39-40-42-43-45-47-49-52-55-58-61-64-70(73)76-67-68(66-75-69(72)63-60-57-54-51-18-15-12-9-6-3)77-71(74)65-62-59-56-53-50-48-46-44-41-28-26-24-22-20-17-14-11-8-5-2/h7,10,16,19,23-26,29-30,32-33,35-36,38-39,68H,4-6,8-9,11-15,17-18,20-22,27-28,31,34,37,40-67H2,1-3H3/b10-7-,19-16-,25-23-,26-24-,30-29-,33-32-,36-35-,39-38-. The minimum atomic E-state index is -0.779. The van der Waals surface area contributed by atoms with E-state index in [-0.39, 0.29) is 31.1 Å². The Hall–Kier alpha value is -3.67. The van der Waals surface area contributed by atoms with Crippen molar-refractivity contribution < 1.29 is 28.6 Å². The molecule has 0 saturated carbocycles. The Labute approximate surface area is 477 Å². The molecule has 77 heavy (non-hydrogen) atoms. The molecule has 0 aromatic rings. The molecule has 1 unspecified atom stereocenters. The topological polar surface area (TPSA) is 78.9 Å². The number of allylic oxidation sites excluding steroid dienone is 16.